The van der Waals surface area contributed by atoms with E-state index in [4.69, 9.17) is 5.11 Å². The lowest BCUT2D eigenvalue weighted by atomic mass is 10.1. The van der Waals surface area contributed by atoms with Crippen LogP contribution in [0.25, 0.3) is 0 Å². The summed E-state index contributed by atoms with van der Waals surface area (Å²) in [5, 5.41) is 22.7. The summed E-state index contributed by atoms with van der Waals surface area (Å²) in [5.41, 5.74) is 0.274. The van der Waals surface area contributed by atoms with Crippen LogP contribution in [0.15, 0.2) is 18.2 Å². The Hall–Kier alpha value is -2.11. The number of aromatic carboxylic acids is 1. The highest BCUT2D eigenvalue weighted by atomic mass is 16.6. The van der Waals surface area contributed by atoms with E-state index in [1.807, 2.05) is 0 Å². The number of rotatable bonds is 5. The highest BCUT2D eigenvalue weighted by molar-refractivity contribution is 5.94. The van der Waals surface area contributed by atoms with Crippen molar-refractivity contribution in [3.05, 3.63) is 33.9 Å². The average molecular weight is 250 g/mol. The largest absolute Gasteiger partial charge is 0.478 e. The maximum Gasteiger partial charge on any atom is 0.337 e. The Kier molecular flexibility index (Phi) is 3.18. The van der Waals surface area contributed by atoms with E-state index in [1.54, 1.807) is 0 Å². The zero-order valence-corrected chi connectivity index (χ0v) is 9.92. The normalized spacial score (nSPS) is 21.4. The summed E-state index contributed by atoms with van der Waals surface area (Å²) in [6, 6.07) is 3.74. The van der Waals surface area contributed by atoms with Crippen molar-refractivity contribution in [1.29, 1.82) is 0 Å². The van der Waals surface area contributed by atoms with Crippen LogP contribution in [0.3, 0.4) is 0 Å². The van der Waals surface area contributed by atoms with Gasteiger partial charge in [0.15, 0.2) is 0 Å². The molecule has 0 spiro atoms. The number of carboxylic acid groups (broad SMARTS) is 1. The minimum atomic E-state index is -1.09. The summed E-state index contributed by atoms with van der Waals surface area (Å²) in [6.45, 7) is 2.78. The molecule has 0 saturated heterocycles. The van der Waals surface area contributed by atoms with Gasteiger partial charge in [0, 0.05) is 18.7 Å². The third kappa shape index (κ3) is 2.58. The zero-order chi connectivity index (χ0) is 13.3. The van der Waals surface area contributed by atoms with E-state index >= 15 is 0 Å². The van der Waals surface area contributed by atoms with Crippen LogP contribution in [-0.2, 0) is 0 Å². The molecule has 6 nitrogen and oxygen atoms in total. The number of nitro benzene ring substituents is 1. The minimum absolute atomic E-state index is 0.0638. The molecule has 1 fully saturated rings. The van der Waals surface area contributed by atoms with Crippen LogP contribution in [0.2, 0.25) is 0 Å². The molecule has 0 radical (unpaired) electrons. The van der Waals surface area contributed by atoms with Gasteiger partial charge >= 0.3 is 5.97 Å². The Balaban J connectivity index is 2.19. The van der Waals surface area contributed by atoms with Crippen LogP contribution < -0.4 is 5.32 Å². The Bertz CT molecular complexity index is 501. The molecular formula is C12H14N2O4. The van der Waals surface area contributed by atoms with E-state index in [0.717, 1.165) is 6.42 Å². The quantitative estimate of drug-likeness (QED) is 0.618. The lowest BCUT2D eigenvalue weighted by Crippen LogP contribution is -2.10. The predicted molar refractivity (Wildman–Crippen MR) is 65.8 cm³/mol. The highest BCUT2D eigenvalue weighted by Crippen LogP contribution is 2.38. The predicted octanol–water partition coefficient (Wildman–Crippen LogP) is 2.36. The van der Waals surface area contributed by atoms with Crippen molar-refractivity contribution < 1.29 is 14.8 Å². The van der Waals surface area contributed by atoms with E-state index in [-0.39, 0.29) is 11.3 Å². The second kappa shape index (κ2) is 4.64. The molecule has 2 rings (SSSR count). The van der Waals surface area contributed by atoms with Gasteiger partial charge in [-0.3, -0.25) is 10.1 Å². The van der Waals surface area contributed by atoms with Gasteiger partial charge in [-0.05, 0) is 24.3 Å². The fourth-order valence-corrected chi connectivity index (χ4v) is 1.90. The monoisotopic (exact) mass is 250 g/mol. The molecule has 2 atom stereocenters. The van der Waals surface area contributed by atoms with Gasteiger partial charge in [0.2, 0.25) is 0 Å². The van der Waals surface area contributed by atoms with E-state index in [9.17, 15) is 14.9 Å². The molecule has 0 amide bonds. The number of nitro groups is 1. The van der Waals surface area contributed by atoms with E-state index in [1.165, 1.54) is 18.2 Å². The first kappa shape index (κ1) is 12.3. The highest BCUT2D eigenvalue weighted by Gasteiger charge is 2.32. The first-order chi connectivity index (χ1) is 8.49. The van der Waals surface area contributed by atoms with Crippen molar-refractivity contribution in [2.45, 2.75) is 13.3 Å². The molecule has 1 aromatic carbocycles. The first-order valence-electron chi connectivity index (χ1n) is 5.74. The number of hydrogen-bond donors (Lipinski definition) is 2. The van der Waals surface area contributed by atoms with Crippen LogP contribution in [-0.4, -0.2) is 22.5 Å². The van der Waals surface area contributed by atoms with Gasteiger partial charge in [0.25, 0.3) is 5.69 Å². The average Bonchev–Trinajstić information content (AvgIpc) is 3.02. The Morgan fingerprint density at radius 2 is 2.28 bits per heavy atom. The van der Waals surface area contributed by atoms with Crippen LogP contribution in [0.1, 0.15) is 23.7 Å². The SMILES string of the molecule is CC1CC1CNc1cc([N+](=O)[O-])ccc1C(=O)O. The summed E-state index contributed by atoms with van der Waals surface area (Å²) in [6.07, 6.45) is 1.12. The molecule has 6 heteroatoms. The Morgan fingerprint density at radius 1 is 1.61 bits per heavy atom. The van der Waals surface area contributed by atoms with Crippen molar-refractivity contribution >= 4 is 17.3 Å². The standard InChI is InChI=1S/C12H14N2O4/c1-7-4-8(7)6-13-11-5-9(14(17)18)2-3-10(11)12(15)16/h2-3,5,7-8,13H,4,6H2,1H3,(H,15,16). The molecule has 1 aliphatic rings. The fraction of sp³-hybridized carbons (Fsp3) is 0.417. The fourth-order valence-electron chi connectivity index (χ4n) is 1.90. The van der Waals surface area contributed by atoms with Crippen LogP contribution in [0.4, 0.5) is 11.4 Å². The molecule has 1 saturated carbocycles. The topological polar surface area (TPSA) is 92.5 Å². The molecule has 1 aliphatic carbocycles. The van der Waals surface area contributed by atoms with Gasteiger partial charge < -0.3 is 10.4 Å². The molecule has 0 bridgehead atoms. The summed E-state index contributed by atoms with van der Waals surface area (Å²) in [7, 11) is 0. The Labute approximate surface area is 104 Å². The van der Waals surface area contributed by atoms with Crippen molar-refractivity contribution in [3.8, 4) is 0 Å². The molecule has 0 aromatic heterocycles. The van der Waals surface area contributed by atoms with Gasteiger partial charge in [-0.1, -0.05) is 6.92 Å². The summed E-state index contributed by atoms with van der Waals surface area (Å²) < 4.78 is 0. The third-order valence-electron chi connectivity index (χ3n) is 3.28. The van der Waals surface area contributed by atoms with E-state index in [2.05, 4.69) is 12.2 Å². The molecule has 2 unspecified atom stereocenters. The first-order valence-corrected chi connectivity index (χ1v) is 5.74. The van der Waals surface area contributed by atoms with Gasteiger partial charge in [-0.2, -0.15) is 0 Å². The van der Waals surface area contributed by atoms with Crippen LogP contribution in [0.5, 0.6) is 0 Å². The molecule has 0 aliphatic heterocycles. The zero-order valence-electron chi connectivity index (χ0n) is 9.92. The number of carbonyl (C=O) groups is 1. The summed E-state index contributed by atoms with van der Waals surface area (Å²) in [5.74, 6) is 0.0895. The van der Waals surface area contributed by atoms with Gasteiger partial charge in [0.05, 0.1) is 16.2 Å². The number of carboxylic acids is 1. The molecule has 96 valence electrons. The number of nitrogens with one attached hydrogen (secondary N) is 1. The number of benzene rings is 1. The lowest BCUT2D eigenvalue weighted by Gasteiger charge is -2.08. The molecule has 18 heavy (non-hydrogen) atoms. The summed E-state index contributed by atoms with van der Waals surface area (Å²) in [4.78, 5) is 21.2. The van der Waals surface area contributed by atoms with Crippen LogP contribution >= 0.6 is 0 Å². The smallest absolute Gasteiger partial charge is 0.337 e. The third-order valence-corrected chi connectivity index (χ3v) is 3.28. The molecule has 0 heterocycles. The second-order valence-corrected chi connectivity index (χ2v) is 4.65. The lowest BCUT2D eigenvalue weighted by molar-refractivity contribution is -0.384. The molecule has 1 aromatic rings. The number of non-ortho nitro benzene ring substituents is 1. The van der Waals surface area contributed by atoms with Gasteiger partial charge in [-0.25, -0.2) is 4.79 Å². The van der Waals surface area contributed by atoms with Crippen molar-refractivity contribution in [2.24, 2.45) is 11.8 Å². The Morgan fingerprint density at radius 3 is 2.78 bits per heavy atom. The van der Waals surface area contributed by atoms with Crippen molar-refractivity contribution in [3.63, 3.8) is 0 Å². The summed E-state index contributed by atoms with van der Waals surface area (Å²) >= 11 is 0. The number of nitrogens with zero attached hydrogens (tertiary/aromatic N) is 1. The minimum Gasteiger partial charge on any atom is -0.478 e. The second-order valence-electron chi connectivity index (χ2n) is 4.65. The molecular weight excluding hydrogens is 236 g/mol. The van der Waals surface area contributed by atoms with Crippen LogP contribution in [0, 0.1) is 22.0 Å². The number of hydrogen-bond acceptors (Lipinski definition) is 4. The van der Waals surface area contributed by atoms with Gasteiger partial charge in [0.1, 0.15) is 0 Å². The maximum atomic E-state index is 11.0. The molecule has 2 N–H and O–H groups in total. The van der Waals surface area contributed by atoms with Crippen molar-refractivity contribution in [2.75, 3.05) is 11.9 Å². The van der Waals surface area contributed by atoms with Crippen molar-refractivity contribution in [1.82, 2.24) is 0 Å². The number of anilines is 1. The van der Waals surface area contributed by atoms with E-state index in [0.29, 0.717) is 24.1 Å². The van der Waals surface area contributed by atoms with Gasteiger partial charge in [-0.15, -0.1) is 0 Å². The van der Waals surface area contributed by atoms with E-state index < -0.39 is 10.9 Å². The maximum absolute atomic E-state index is 11.0.